The van der Waals surface area contributed by atoms with Gasteiger partial charge in [-0.25, -0.2) is 9.78 Å². The van der Waals surface area contributed by atoms with Gasteiger partial charge in [0.1, 0.15) is 11.4 Å². The number of ether oxygens (including phenoxy) is 2. The van der Waals surface area contributed by atoms with E-state index in [1.165, 1.54) is 32.1 Å². The molecule has 0 amide bonds. The van der Waals surface area contributed by atoms with Crippen molar-refractivity contribution in [2.45, 2.75) is 77.1 Å². The number of anilines is 1. The van der Waals surface area contributed by atoms with E-state index in [0.717, 1.165) is 31.7 Å². The van der Waals surface area contributed by atoms with E-state index in [4.69, 9.17) is 9.47 Å². The van der Waals surface area contributed by atoms with Crippen LogP contribution in [0.15, 0.2) is 18.3 Å². The number of piperidine rings is 1. The maximum Gasteiger partial charge on any atom is 0.342 e. The highest BCUT2D eigenvalue weighted by Gasteiger charge is 2.27. The molecule has 2 aliphatic rings. The fourth-order valence-corrected chi connectivity index (χ4v) is 3.76. The molecule has 1 saturated heterocycles. The highest BCUT2D eigenvalue weighted by Crippen LogP contribution is 2.27. The number of aromatic nitrogens is 1. The van der Waals surface area contributed by atoms with Crippen molar-refractivity contribution in [1.82, 2.24) is 4.98 Å². The molecule has 1 aliphatic carbocycles. The molecule has 0 atom stereocenters. The summed E-state index contributed by atoms with van der Waals surface area (Å²) < 4.78 is 11.7. The van der Waals surface area contributed by atoms with E-state index < -0.39 is 0 Å². The Labute approximate surface area is 150 Å². The quantitative estimate of drug-likeness (QED) is 0.755. The summed E-state index contributed by atoms with van der Waals surface area (Å²) in [4.78, 5) is 19.0. The average molecular weight is 346 g/mol. The van der Waals surface area contributed by atoms with E-state index >= 15 is 0 Å². The number of hydrogen-bond donors (Lipinski definition) is 0. The van der Waals surface area contributed by atoms with Crippen LogP contribution in [-0.2, 0) is 9.47 Å². The topological polar surface area (TPSA) is 51.7 Å². The van der Waals surface area contributed by atoms with Crippen molar-refractivity contribution >= 4 is 11.8 Å². The maximum atomic E-state index is 12.3. The molecular formula is C20H30N2O3. The van der Waals surface area contributed by atoms with Crippen molar-refractivity contribution in [1.29, 1.82) is 0 Å². The predicted molar refractivity (Wildman–Crippen MR) is 98.0 cm³/mol. The number of carbonyl (C=O) groups is 1. The Bertz CT molecular complexity index is 562. The van der Waals surface area contributed by atoms with E-state index in [-0.39, 0.29) is 12.1 Å². The molecule has 2 fully saturated rings. The van der Waals surface area contributed by atoms with Crippen molar-refractivity contribution in [3.05, 3.63) is 23.9 Å². The molecule has 0 radical (unpaired) electrons. The van der Waals surface area contributed by atoms with Gasteiger partial charge >= 0.3 is 5.97 Å². The molecule has 138 valence electrons. The van der Waals surface area contributed by atoms with Crippen LogP contribution in [0.5, 0.6) is 0 Å². The smallest absolute Gasteiger partial charge is 0.342 e. The SMILES string of the molecule is CC(C)OC(=O)c1cccnc1N1CCC(OC2CCCCC2)CC1. The summed E-state index contributed by atoms with van der Waals surface area (Å²) in [5, 5.41) is 0. The van der Waals surface area contributed by atoms with E-state index in [1.54, 1.807) is 18.3 Å². The Hall–Kier alpha value is -1.62. The molecule has 0 bridgehead atoms. The summed E-state index contributed by atoms with van der Waals surface area (Å²) >= 11 is 0. The summed E-state index contributed by atoms with van der Waals surface area (Å²) in [5.74, 6) is 0.447. The van der Waals surface area contributed by atoms with Gasteiger partial charge in [0.15, 0.2) is 0 Å². The zero-order valence-corrected chi connectivity index (χ0v) is 15.4. The van der Waals surface area contributed by atoms with Crippen molar-refractivity contribution in [3.8, 4) is 0 Å². The lowest BCUT2D eigenvalue weighted by Crippen LogP contribution is -2.40. The van der Waals surface area contributed by atoms with Crippen LogP contribution in [0.1, 0.15) is 69.2 Å². The van der Waals surface area contributed by atoms with Gasteiger partial charge in [-0.05, 0) is 51.7 Å². The van der Waals surface area contributed by atoms with Crippen LogP contribution in [-0.4, -0.2) is 42.4 Å². The largest absolute Gasteiger partial charge is 0.459 e. The fourth-order valence-electron chi connectivity index (χ4n) is 3.76. The second-order valence-electron chi connectivity index (χ2n) is 7.41. The monoisotopic (exact) mass is 346 g/mol. The van der Waals surface area contributed by atoms with Crippen LogP contribution in [0.4, 0.5) is 5.82 Å². The first-order chi connectivity index (χ1) is 12.1. The first-order valence-electron chi connectivity index (χ1n) is 9.70. The standard InChI is InChI=1S/C20H30N2O3/c1-15(2)24-20(23)18-9-6-12-21-19(18)22-13-10-17(11-14-22)25-16-7-4-3-5-8-16/h6,9,12,15-17H,3-5,7-8,10-11,13-14H2,1-2H3. The minimum atomic E-state index is -0.293. The second kappa shape index (κ2) is 8.65. The van der Waals surface area contributed by atoms with Gasteiger partial charge in [-0.1, -0.05) is 19.3 Å². The molecule has 25 heavy (non-hydrogen) atoms. The number of carbonyl (C=O) groups excluding carboxylic acids is 1. The fraction of sp³-hybridized carbons (Fsp3) is 0.700. The third-order valence-corrected chi connectivity index (χ3v) is 5.03. The first-order valence-corrected chi connectivity index (χ1v) is 9.70. The molecule has 1 aromatic rings. The third-order valence-electron chi connectivity index (χ3n) is 5.03. The molecule has 3 rings (SSSR count). The lowest BCUT2D eigenvalue weighted by molar-refractivity contribution is -0.0395. The summed E-state index contributed by atoms with van der Waals surface area (Å²) in [6.45, 7) is 5.47. The maximum absolute atomic E-state index is 12.3. The molecular weight excluding hydrogens is 316 g/mol. The Morgan fingerprint density at radius 2 is 1.80 bits per heavy atom. The van der Waals surface area contributed by atoms with Crippen LogP contribution in [0, 0.1) is 0 Å². The van der Waals surface area contributed by atoms with E-state index in [9.17, 15) is 4.79 Å². The van der Waals surface area contributed by atoms with Gasteiger partial charge in [0.05, 0.1) is 18.3 Å². The van der Waals surface area contributed by atoms with Crippen LogP contribution in [0.25, 0.3) is 0 Å². The minimum Gasteiger partial charge on any atom is -0.459 e. The van der Waals surface area contributed by atoms with Gasteiger partial charge in [0.25, 0.3) is 0 Å². The Morgan fingerprint density at radius 3 is 2.48 bits per heavy atom. The van der Waals surface area contributed by atoms with Crippen molar-refractivity contribution < 1.29 is 14.3 Å². The molecule has 0 unspecified atom stereocenters. The van der Waals surface area contributed by atoms with Gasteiger partial charge in [-0.3, -0.25) is 0 Å². The molecule has 1 saturated carbocycles. The molecule has 1 aliphatic heterocycles. The van der Waals surface area contributed by atoms with E-state index in [2.05, 4.69) is 9.88 Å². The van der Waals surface area contributed by atoms with Gasteiger partial charge in [0.2, 0.25) is 0 Å². The summed E-state index contributed by atoms with van der Waals surface area (Å²) in [7, 11) is 0. The van der Waals surface area contributed by atoms with Gasteiger partial charge in [0, 0.05) is 19.3 Å². The van der Waals surface area contributed by atoms with Crippen LogP contribution >= 0.6 is 0 Å². The molecule has 2 heterocycles. The zero-order chi connectivity index (χ0) is 17.6. The second-order valence-corrected chi connectivity index (χ2v) is 7.41. The lowest BCUT2D eigenvalue weighted by Gasteiger charge is -2.36. The number of hydrogen-bond acceptors (Lipinski definition) is 5. The van der Waals surface area contributed by atoms with E-state index in [1.807, 2.05) is 13.8 Å². The number of esters is 1. The minimum absolute atomic E-state index is 0.129. The van der Waals surface area contributed by atoms with Crippen LogP contribution in [0.2, 0.25) is 0 Å². The normalized spacial score (nSPS) is 20.0. The Balaban J connectivity index is 1.58. The molecule has 5 nitrogen and oxygen atoms in total. The van der Waals surface area contributed by atoms with E-state index in [0.29, 0.717) is 17.8 Å². The zero-order valence-electron chi connectivity index (χ0n) is 15.4. The summed E-state index contributed by atoms with van der Waals surface area (Å²) in [6, 6.07) is 3.59. The molecule has 0 aromatic carbocycles. The van der Waals surface area contributed by atoms with Crippen molar-refractivity contribution in [2.24, 2.45) is 0 Å². The molecule has 0 spiro atoms. The van der Waals surface area contributed by atoms with Gasteiger partial charge < -0.3 is 14.4 Å². The molecule has 0 N–H and O–H groups in total. The molecule has 5 heteroatoms. The summed E-state index contributed by atoms with van der Waals surface area (Å²) in [5.41, 5.74) is 0.558. The number of rotatable bonds is 5. The first kappa shape index (κ1) is 18.2. The highest BCUT2D eigenvalue weighted by atomic mass is 16.5. The molecule has 1 aromatic heterocycles. The van der Waals surface area contributed by atoms with Crippen molar-refractivity contribution in [2.75, 3.05) is 18.0 Å². The summed E-state index contributed by atoms with van der Waals surface area (Å²) in [6.07, 6.45) is 10.8. The van der Waals surface area contributed by atoms with Crippen molar-refractivity contribution in [3.63, 3.8) is 0 Å². The van der Waals surface area contributed by atoms with Gasteiger partial charge in [-0.15, -0.1) is 0 Å². The Kier molecular flexibility index (Phi) is 6.29. The number of pyridine rings is 1. The number of nitrogens with zero attached hydrogens (tertiary/aromatic N) is 2. The highest BCUT2D eigenvalue weighted by molar-refractivity contribution is 5.94. The predicted octanol–water partition coefficient (Wildman–Crippen LogP) is 3.96. The average Bonchev–Trinajstić information content (AvgIpc) is 2.63. The van der Waals surface area contributed by atoms with Crippen LogP contribution < -0.4 is 4.90 Å². The van der Waals surface area contributed by atoms with Gasteiger partial charge in [-0.2, -0.15) is 0 Å². The van der Waals surface area contributed by atoms with Crippen LogP contribution in [0.3, 0.4) is 0 Å². The Morgan fingerprint density at radius 1 is 1.12 bits per heavy atom. The third kappa shape index (κ3) is 4.94. The lowest BCUT2D eigenvalue weighted by atomic mass is 9.97.